The second-order valence-electron chi connectivity index (χ2n) is 2.26. The summed E-state index contributed by atoms with van der Waals surface area (Å²) in [5, 5.41) is 16.7. The summed E-state index contributed by atoms with van der Waals surface area (Å²) in [6, 6.07) is 1.95. The van der Waals surface area contributed by atoms with Crippen LogP contribution in [-0.2, 0) is 4.79 Å². The lowest BCUT2D eigenvalue weighted by Gasteiger charge is -2.26. The SMILES string of the molecule is N#C[C@H]1CC[C@@H]1C(=O)O. The second-order valence-corrected chi connectivity index (χ2v) is 2.26. The Morgan fingerprint density at radius 2 is 2.33 bits per heavy atom. The Bertz CT molecular complexity index is 170. The van der Waals surface area contributed by atoms with Gasteiger partial charge in [0, 0.05) is 0 Å². The van der Waals surface area contributed by atoms with Gasteiger partial charge < -0.3 is 5.11 Å². The zero-order valence-electron chi connectivity index (χ0n) is 4.87. The van der Waals surface area contributed by atoms with Crippen molar-refractivity contribution in [1.29, 1.82) is 5.26 Å². The maximum atomic E-state index is 10.2. The van der Waals surface area contributed by atoms with Gasteiger partial charge >= 0.3 is 5.97 Å². The molecule has 1 aliphatic carbocycles. The van der Waals surface area contributed by atoms with Crippen LogP contribution in [0.2, 0.25) is 0 Å². The van der Waals surface area contributed by atoms with Crippen LogP contribution in [0.25, 0.3) is 0 Å². The zero-order chi connectivity index (χ0) is 6.85. The van der Waals surface area contributed by atoms with E-state index in [0.717, 1.165) is 6.42 Å². The van der Waals surface area contributed by atoms with Crippen molar-refractivity contribution in [2.24, 2.45) is 11.8 Å². The Labute approximate surface area is 52.9 Å². The first-order valence-electron chi connectivity index (χ1n) is 2.88. The fourth-order valence-electron chi connectivity index (χ4n) is 0.950. The van der Waals surface area contributed by atoms with E-state index in [0.29, 0.717) is 6.42 Å². The van der Waals surface area contributed by atoms with Gasteiger partial charge in [-0.05, 0) is 12.8 Å². The summed E-state index contributed by atoms with van der Waals surface area (Å²) >= 11 is 0. The number of rotatable bonds is 1. The predicted octanol–water partition coefficient (Wildman–Crippen LogP) is 0.621. The third kappa shape index (κ3) is 0.879. The fourth-order valence-corrected chi connectivity index (χ4v) is 0.950. The summed E-state index contributed by atoms with van der Waals surface area (Å²) in [5.74, 6) is -1.43. The molecule has 1 rings (SSSR count). The van der Waals surface area contributed by atoms with Gasteiger partial charge in [-0.15, -0.1) is 0 Å². The molecule has 9 heavy (non-hydrogen) atoms. The number of carboxylic acids is 1. The van der Waals surface area contributed by atoms with Crippen molar-refractivity contribution in [3.63, 3.8) is 0 Å². The molecule has 0 radical (unpaired) electrons. The minimum Gasteiger partial charge on any atom is -0.481 e. The van der Waals surface area contributed by atoms with Crippen LogP contribution >= 0.6 is 0 Å². The molecule has 3 nitrogen and oxygen atoms in total. The van der Waals surface area contributed by atoms with Gasteiger partial charge in [0.05, 0.1) is 17.9 Å². The number of carboxylic acid groups (broad SMARTS) is 1. The monoisotopic (exact) mass is 125 g/mol. The summed E-state index contributed by atoms with van der Waals surface area (Å²) in [7, 11) is 0. The maximum absolute atomic E-state index is 10.2. The molecule has 0 saturated heterocycles. The van der Waals surface area contributed by atoms with Gasteiger partial charge in [-0.25, -0.2) is 0 Å². The molecule has 1 fully saturated rings. The number of nitrogens with zero attached hydrogens (tertiary/aromatic N) is 1. The molecule has 0 amide bonds. The standard InChI is InChI=1S/C6H7NO2/c7-3-4-1-2-5(4)6(8)9/h4-5H,1-2H2,(H,8,9)/t4-,5+/m1/s1. The summed E-state index contributed by atoms with van der Waals surface area (Å²) in [4.78, 5) is 10.2. The number of hydrogen-bond donors (Lipinski definition) is 1. The van der Waals surface area contributed by atoms with Crippen molar-refractivity contribution < 1.29 is 9.90 Å². The van der Waals surface area contributed by atoms with Crippen molar-refractivity contribution in [3.05, 3.63) is 0 Å². The highest BCUT2D eigenvalue weighted by Crippen LogP contribution is 2.33. The molecular formula is C6H7NO2. The normalized spacial score (nSPS) is 32.3. The minimum atomic E-state index is -0.826. The van der Waals surface area contributed by atoms with Crippen LogP contribution in [0.5, 0.6) is 0 Å². The Kier molecular flexibility index (Phi) is 1.39. The predicted molar refractivity (Wildman–Crippen MR) is 29.5 cm³/mol. The molecule has 0 aromatic rings. The van der Waals surface area contributed by atoms with Gasteiger partial charge in [0.2, 0.25) is 0 Å². The third-order valence-corrected chi connectivity index (χ3v) is 1.76. The van der Waals surface area contributed by atoms with Crippen LogP contribution in [-0.4, -0.2) is 11.1 Å². The molecule has 0 heterocycles. The average Bonchev–Trinajstić information content (AvgIpc) is 1.61. The Morgan fingerprint density at radius 1 is 1.67 bits per heavy atom. The molecule has 1 N–H and O–H groups in total. The van der Waals surface area contributed by atoms with E-state index >= 15 is 0 Å². The van der Waals surface area contributed by atoms with Crippen LogP contribution in [0.1, 0.15) is 12.8 Å². The first-order valence-corrected chi connectivity index (χ1v) is 2.88. The third-order valence-electron chi connectivity index (χ3n) is 1.76. The smallest absolute Gasteiger partial charge is 0.307 e. The Hall–Kier alpha value is -1.04. The van der Waals surface area contributed by atoms with E-state index in [1.807, 2.05) is 6.07 Å². The lowest BCUT2D eigenvalue weighted by molar-refractivity contribution is -0.146. The minimum absolute atomic E-state index is 0.220. The molecule has 1 saturated carbocycles. The van der Waals surface area contributed by atoms with Crippen molar-refractivity contribution in [1.82, 2.24) is 0 Å². The molecule has 48 valence electrons. The van der Waals surface area contributed by atoms with E-state index in [1.165, 1.54) is 0 Å². The van der Waals surface area contributed by atoms with Gasteiger partial charge in [-0.3, -0.25) is 4.79 Å². The van der Waals surface area contributed by atoms with Crippen LogP contribution < -0.4 is 0 Å². The molecular weight excluding hydrogens is 118 g/mol. The molecule has 0 aromatic carbocycles. The zero-order valence-corrected chi connectivity index (χ0v) is 4.87. The maximum Gasteiger partial charge on any atom is 0.307 e. The number of hydrogen-bond acceptors (Lipinski definition) is 2. The van der Waals surface area contributed by atoms with Gasteiger partial charge in [-0.1, -0.05) is 0 Å². The quantitative estimate of drug-likeness (QED) is 0.558. The van der Waals surface area contributed by atoms with Gasteiger partial charge in [-0.2, -0.15) is 5.26 Å². The van der Waals surface area contributed by atoms with Crippen molar-refractivity contribution in [3.8, 4) is 6.07 Å². The Balaban J connectivity index is 2.47. The largest absolute Gasteiger partial charge is 0.481 e. The summed E-state index contributed by atoms with van der Waals surface area (Å²) in [5.41, 5.74) is 0. The van der Waals surface area contributed by atoms with Gasteiger partial charge in [0.15, 0.2) is 0 Å². The first kappa shape index (κ1) is 6.09. The van der Waals surface area contributed by atoms with E-state index in [1.54, 1.807) is 0 Å². The average molecular weight is 125 g/mol. The summed E-state index contributed by atoms with van der Waals surface area (Å²) < 4.78 is 0. The fraction of sp³-hybridized carbons (Fsp3) is 0.667. The molecule has 0 aromatic heterocycles. The number of nitriles is 1. The second kappa shape index (κ2) is 2.06. The lowest BCUT2D eigenvalue weighted by Crippen LogP contribution is -2.31. The van der Waals surface area contributed by atoms with E-state index in [9.17, 15) is 4.79 Å². The lowest BCUT2D eigenvalue weighted by atomic mass is 9.75. The van der Waals surface area contributed by atoms with Gasteiger partial charge in [0.25, 0.3) is 0 Å². The summed E-state index contributed by atoms with van der Waals surface area (Å²) in [6.07, 6.45) is 1.43. The molecule has 2 atom stereocenters. The first-order chi connectivity index (χ1) is 4.25. The molecule has 0 bridgehead atoms. The van der Waals surface area contributed by atoms with Crippen molar-refractivity contribution in [2.45, 2.75) is 12.8 Å². The van der Waals surface area contributed by atoms with Crippen LogP contribution in [0.3, 0.4) is 0 Å². The van der Waals surface area contributed by atoms with E-state index in [4.69, 9.17) is 10.4 Å². The highest BCUT2D eigenvalue weighted by molar-refractivity contribution is 5.71. The summed E-state index contributed by atoms with van der Waals surface area (Å²) in [6.45, 7) is 0. The topological polar surface area (TPSA) is 61.1 Å². The van der Waals surface area contributed by atoms with Crippen LogP contribution in [0.15, 0.2) is 0 Å². The highest BCUT2D eigenvalue weighted by atomic mass is 16.4. The van der Waals surface area contributed by atoms with Crippen LogP contribution in [0, 0.1) is 23.2 Å². The van der Waals surface area contributed by atoms with Crippen molar-refractivity contribution in [2.75, 3.05) is 0 Å². The Morgan fingerprint density at radius 3 is 2.44 bits per heavy atom. The molecule has 0 spiro atoms. The molecule has 0 unspecified atom stereocenters. The number of aliphatic carboxylic acids is 1. The van der Waals surface area contributed by atoms with Crippen molar-refractivity contribution >= 4 is 5.97 Å². The number of carbonyl (C=O) groups is 1. The van der Waals surface area contributed by atoms with E-state index in [-0.39, 0.29) is 11.8 Å². The van der Waals surface area contributed by atoms with E-state index < -0.39 is 5.97 Å². The van der Waals surface area contributed by atoms with Crippen LogP contribution in [0.4, 0.5) is 0 Å². The highest BCUT2D eigenvalue weighted by Gasteiger charge is 2.36. The van der Waals surface area contributed by atoms with E-state index in [2.05, 4.69) is 0 Å². The molecule has 1 aliphatic rings. The molecule has 3 heteroatoms. The van der Waals surface area contributed by atoms with Gasteiger partial charge in [0.1, 0.15) is 0 Å². The molecule has 0 aliphatic heterocycles.